The molecule has 112 valence electrons. The second kappa shape index (κ2) is 5.69. The third-order valence-electron chi connectivity index (χ3n) is 2.23. The number of carbonyl (C=O) groups excluding carboxylic acids is 1. The second-order valence-corrected chi connectivity index (χ2v) is 3.92. The molecule has 1 aromatic heterocycles. The zero-order chi connectivity index (χ0) is 15.5. The van der Waals surface area contributed by atoms with Gasteiger partial charge >= 0.3 is 6.18 Å². The summed E-state index contributed by atoms with van der Waals surface area (Å²) in [6.07, 6.45) is -4.40. The van der Waals surface area contributed by atoms with Gasteiger partial charge in [0.25, 0.3) is 5.91 Å². The fourth-order valence-electron chi connectivity index (χ4n) is 1.37. The molecule has 0 atom stereocenters. The smallest absolute Gasteiger partial charge is 0.422 e. The average molecular weight is 301 g/mol. The van der Waals surface area contributed by atoms with Crippen LogP contribution < -0.4 is 15.8 Å². The van der Waals surface area contributed by atoms with Crippen LogP contribution in [0, 0.1) is 0 Å². The van der Waals surface area contributed by atoms with E-state index in [9.17, 15) is 18.0 Å². The van der Waals surface area contributed by atoms with Crippen LogP contribution in [0.15, 0.2) is 24.3 Å². The minimum Gasteiger partial charge on any atom is -0.484 e. The molecule has 0 bridgehead atoms. The summed E-state index contributed by atoms with van der Waals surface area (Å²) in [5.41, 5.74) is 5.61. The van der Waals surface area contributed by atoms with E-state index in [2.05, 4.69) is 25.2 Å². The number of nitrogens with two attached hydrogens (primary N) is 1. The van der Waals surface area contributed by atoms with Gasteiger partial charge in [-0.2, -0.15) is 18.2 Å². The van der Waals surface area contributed by atoms with Gasteiger partial charge in [0.15, 0.2) is 6.61 Å². The highest BCUT2D eigenvalue weighted by Gasteiger charge is 2.28. The molecular formula is C11H10F3N5O2. The number of amides is 1. The predicted octanol–water partition coefficient (Wildman–Crippen LogP) is 1.58. The summed E-state index contributed by atoms with van der Waals surface area (Å²) in [6, 6.07) is 5.39. The standard InChI is InChI=1S/C11H10F3N5O2/c12-11(13,14)5-21-7-3-1-6(2-4-7)16-9(20)8-17-10(15)19-18-8/h1-4H,5H2,(H,16,20)(H3,15,17,18,19). The summed E-state index contributed by atoms with van der Waals surface area (Å²) in [7, 11) is 0. The van der Waals surface area contributed by atoms with Crippen molar-refractivity contribution in [3.05, 3.63) is 30.1 Å². The van der Waals surface area contributed by atoms with Gasteiger partial charge in [-0.3, -0.25) is 9.89 Å². The van der Waals surface area contributed by atoms with Crippen LogP contribution in [-0.4, -0.2) is 33.9 Å². The molecule has 0 aliphatic heterocycles. The van der Waals surface area contributed by atoms with Crippen LogP contribution in [0.2, 0.25) is 0 Å². The van der Waals surface area contributed by atoms with Crippen molar-refractivity contribution in [2.75, 3.05) is 17.7 Å². The number of H-pyrrole nitrogens is 1. The van der Waals surface area contributed by atoms with Crippen molar-refractivity contribution in [1.29, 1.82) is 0 Å². The molecule has 2 rings (SSSR count). The highest BCUT2D eigenvalue weighted by Crippen LogP contribution is 2.20. The number of rotatable bonds is 4. The van der Waals surface area contributed by atoms with Gasteiger partial charge in [-0.25, -0.2) is 0 Å². The Morgan fingerprint density at radius 1 is 1.33 bits per heavy atom. The van der Waals surface area contributed by atoms with Crippen LogP contribution in [0.5, 0.6) is 5.75 Å². The molecule has 2 aromatic rings. The summed E-state index contributed by atoms with van der Waals surface area (Å²) in [5.74, 6) is -0.696. The minimum atomic E-state index is -4.40. The number of alkyl halides is 3. The Balaban J connectivity index is 1.94. The van der Waals surface area contributed by atoms with E-state index >= 15 is 0 Å². The first-order valence-electron chi connectivity index (χ1n) is 5.62. The largest absolute Gasteiger partial charge is 0.484 e. The molecule has 0 fully saturated rings. The lowest BCUT2D eigenvalue weighted by molar-refractivity contribution is -0.153. The van der Waals surface area contributed by atoms with E-state index in [0.717, 1.165) is 0 Å². The summed E-state index contributed by atoms with van der Waals surface area (Å²) < 4.78 is 40.5. The van der Waals surface area contributed by atoms with E-state index in [1.54, 1.807) is 0 Å². The second-order valence-electron chi connectivity index (χ2n) is 3.92. The highest BCUT2D eigenvalue weighted by molar-refractivity contribution is 6.01. The lowest BCUT2D eigenvalue weighted by Crippen LogP contribution is -2.19. The molecule has 7 nitrogen and oxygen atoms in total. The summed E-state index contributed by atoms with van der Waals surface area (Å²) >= 11 is 0. The Bertz CT molecular complexity index is 624. The molecule has 21 heavy (non-hydrogen) atoms. The third-order valence-corrected chi connectivity index (χ3v) is 2.23. The van der Waals surface area contributed by atoms with Crippen LogP contribution >= 0.6 is 0 Å². The fraction of sp³-hybridized carbons (Fsp3) is 0.182. The Morgan fingerprint density at radius 3 is 2.52 bits per heavy atom. The number of benzene rings is 1. The maximum absolute atomic E-state index is 12.0. The maximum Gasteiger partial charge on any atom is 0.422 e. The molecule has 1 amide bonds. The van der Waals surface area contributed by atoms with E-state index in [-0.39, 0.29) is 17.5 Å². The Kier molecular flexibility index (Phi) is 3.96. The van der Waals surface area contributed by atoms with Gasteiger partial charge in [0.2, 0.25) is 11.8 Å². The first kappa shape index (κ1) is 14.6. The van der Waals surface area contributed by atoms with Crippen LogP contribution in [0.25, 0.3) is 0 Å². The molecular weight excluding hydrogens is 291 g/mol. The molecule has 1 aromatic carbocycles. The van der Waals surface area contributed by atoms with E-state index in [4.69, 9.17) is 5.73 Å². The molecule has 4 N–H and O–H groups in total. The number of aromatic nitrogens is 3. The number of hydrogen-bond donors (Lipinski definition) is 3. The number of aromatic amines is 1. The van der Waals surface area contributed by atoms with E-state index in [1.807, 2.05) is 0 Å². The summed E-state index contributed by atoms with van der Waals surface area (Å²) in [4.78, 5) is 15.3. The number of nitrogens with one attached hydrogen (secondary N) is 2. The number of nitrogen functional groups attached to an aromatic ring is 1. The zero-order valence-corrected chi connectivity index (χ0v) is 10.4. The van der Waals surface area contributed by atoms with Crippen molar-refractivity contribution in [2.45, 2.75) is 6.18 Å². The van der Waals surface area contributed by atoms with Gasteiger partial charge in [-0.1, -0.05) is 0 Å². The van der Waals surface area contributed by atoms with Crippen LogP contribution in [0.3, 0.4) is 0 Å². The zero-order valence-electron chi connectivity index (χ0n) is 10.4. The number of nitrogens with zero attached hydrogens (tertiary/aromatic N) is 2. The van der Waals surface area contributed by atoms with Crippen molar-refractivity contribution in [2.24, 2.45) is 0 Å². The number of halogens is 3. The lowest BCUT2D eigenvalue weighted by Gasteiger charge is -2.09. The van der Waals surface area contributed by atoms with Crippen LogP contribution in [0.4, 0.5) is 24.8 Å². The lowest BCUT2D eigenvalue weighted by atomic mass is 10.3. The normalized spacial score (nSPS) is 11.2. The predicted molar refractivity (Wildman–Crippen MR) is 66.7 cm³/mol. The highest BCUT2D eigenvalue weighted by atomic mass is 19.4. The average Bonchev–Trinajstić information content (AvgIpc) is 2.84. The topological polar surface area (TPSA) is 106 Å². The molecule has 0 aliphatic rings. The fourth-order valence-corrected chi connectivity index (χ4v) is 1.37. The van der Waals surface area contributed by atoms with Crippen molar-refractivity contribution < 1.29 is 22.7 Å². The van der Waals surface area contributed by atoms with Gasteiger partial charge in [-0.15, -0.1) is 5.10 Å². The molecule has 0 unspecified atom stereocenters. The van der Waals surface area contributed by atoms with Crippen molar-refractivity contribution in [1.82, 2.24) is 15.2 Å². The van der Waals surface area contributed by atoms with E-state index < -0.39 is 18.7 Å². The molecule has 1 heterocycles. The summed E-state index contributed by atoms with van der Waals surface area (Å²) in [6.45, 7) is -1.38. The number of anilines is 2. The number of hydrogen-bond acceptors (Lipinski definition) is 5. The quantitative estimate of drug-likeness (QED) is 0.795. The molecule has 0 saturated heterocycles. The number of ether oxygens (including phenoxy) is 1. The van der Waals surface area contributed by atoms with Crippen LogP contribution in [-0.2, 0) is 0 Å². The van der Waals surface area contributed by atoms with Crippen molar-refractivity contribution >= 4 is 17.5 Å². The van der Waals surface area contributed by atoms with Crippen molar-refractivity contribution in [3.63, 3.8) is 0 Å². The minimum absolute atomic E-state index is 0.0363. The first-order valence-corrected chi connectivity index (χ1v) is 5.62. The van der Waals surface area contributed by atoms with Crippen molar-refractivity contribution in [3.8, 4) is 5.75 Å². The van der Waals surface area contributed by atoms with E-state index in [0.29, 0.717) is 5.69 Å². The Labute approximate surface area is 116 Å². The summed E-state index contributed by atoms with van der Waals surface area (Å²) in [5, 5.41) is 8.29. The third kappa shape index (κ3) is 4.37. The molecule has 0 radical (unpaired) electrons. The maximum atomic E-state index is 12.0. The Morgan fingerprint density at radius 2 is 2.00 bits per heavy atom. The van der Waals surface area contributed by atoms with Gasteiger partial charge in [0.1, 0.15) is 5.75 Å². The Hall–Kier alpha value is -2.78. The SMILES string of the molecule is Nc1n[nH]c(C(=O)Nc2ccc(OCC(F)(F)F)cc2)n1. The number of carbonyl (C=O) groups is 1. The van der Waals surface area contributed by atoms with Gasteiger partial charge in [0, 0.05) is 5.69 Å². The first-order chi connectivity index (χ1) is 9.83. The van der Waals surface area contributed by atoms with Gasteiger partial charge < -0.3 is 15.8 Å². The molecule has 0 spiro atoms. The monoisotopic (exact) mass is 301 g/mol. The molecule has 10 heteroatoms. The van der Waals surface area contributed by atoms with Crippen LogP contribution in [0.1, 0.15) is 10.6 Å². The molecule has 0 aliphatic carbocycles. The van der Waals surface area contributed by atoms with Gasteiger partial charge in [-0.05, 0) is 24.3 Å². The molecule has 0 saturated carbocycles. The van der Waals surface area contributed by atoms with Gasteiger partial charge in [0.05, 0.1) is 0 Å². The van der Waals surface area contributed by atoms with E-state index in [1.165, 1.54) is 24.3 Å².